The van der Waals surface area contributed by atoms with E-state index < -0.39 is 12.2 Å². The molecule has 2 fully saturated rings. The van der Waals surface area contributed by atoms with E-state index in [9.17, 15) is 15.0 Å². The van der Waals surface area contributed by atoms with Gasteiger partial charge >= 0.3 is 5.97 Å². The van der Waals surface area contributed by atoms with Crippen molar-refractivity contribution < 1.29 is 19.7 Å². The SMILES string of the molecule is CCCCC(C)(C)[C@H](O)/C=C/[C@@H]1[C@H]2CC(=O)O[C@H]2C[C@H]1O. The molecule has 1 saturated carbocycles. The molecule has 0 spiro atoms. The fourth-order valence-electron chi connectivity index (χ4n) is 3.46. The summed E-state index contributed by atoms with van der Waals surface area (Å²) >= 11 is 0. The minimum absolute atomic E-state index is 0.0645. The van der Waals surface area contributed by atoms with Crippen LogP contribution in [0.4, 0.5) is 0 Å². The second-order valence-electron chi connectivity index (χ2n) is 7.20. The van der Waals surface area contributed by atoms with Crippen molar-refractivity contribution in [1.29, 1.82) is 0 Å². The summed E-state index contributed by atoms with van der Waals surface area (Å²) in [5.41, 5.74) is -0.169. The van der Waals surface area contributed by atoms with E-state index in [1.165, 1.54) is 0 Å². The lowest BCUT2D eigenvalue weighted by atomic mass is 9.80. The van der Waals surface area contributed by atoms with Crippen LogP contribution in [0.3, 0.4) is 0 Å². The van der Waals surface area contributed by atoms with Crippen LogP contribution in [0.15, 0.2) is 12.2 Å². The van der Waals surface area contributed by atoms with Crippen LogP contribution in [-0.4, -0.2) is 34.5 Å². The first-order valence-corrected chi connectivity index (χ1v) is 8.09. The summed E-state index contributed by atoms with van der Waals surface area (Å²) in [6, 6.07) is 0. The van der Waals surface area contributed by atoms with Crippen LogP contribution < -0.4 is 0 Å². The molecule has 4 heteroatoms. The summed E-state index contributed by atoms with van der Waals surface area (Å²) in [6.07, 6.45) is 6.62. The van der Waals surface area contributed by atoms with E-state index in [4.69, 9.17) is 4.74 Å². The Kier molecular flexibility index (Phi) is 5.10. The second-order valence-corrected chi connectivity index (χ2v) is 7.20. The Morgan fingerprint density at radius 2 is 2.19 bits per heavy atom. The van der Waals surface area contributed by atoms with Crippen LogP contribution in [0.1, 0.15) is 52.9 Å². The monoisotopic (exact) mass is 296 g/mol. The van der Waals surface area contributed by atoms with Gasteiger partial charge in [0, 0.05) is 18.3 Å². The Hall–Kier alpha value is -0.870. The number of carbonyl (C=O) groups is 1. The van der Waals surface area contributed by atoms with Gasteiger partial charge in [-0.3, -0.25) is 4.79 Å². The third-order valence-corrected chi connectivity index (χ3v) is 5.07. The van der Waals surface area contributed by atoms with Crippen molar-refractivity contribution >= 4 is 5.97 Å². The van der Waals surface area contributed by atoms with Gasteiger partial charge in [-0.2, -0.15) is 0 Å². The van der Waals surface area contributed by atoms with E-state index in [1.54, 1.807) is 6.08 Å². The third kappa shape index (κ3) is 3.67. The summed E-state index contributed by atoms with van der Waals surface area (Å²) in [5.74, 6) is -0.188. The minimum atomic E-state index is -0.534. The van der Waals surface area contributed by atoms with Gasteiger partial charge in [-0.05, 0) is 11.8 Å². The molecule has 2 rings (SSSR count). The normalized spacial score (nSPS) is 34.2. The van der Waals surface area contributed by atoms with E-state index in [0.29, 0.717) is 12.8 Å². The molecule has 0 aromatic carbocycles. The third-order valence-electron chi connectivity index (χ3n) is 5.07. The van der Waals surface area contributed by atoms with Gasteiger partial charge in [0.15, 0.2) is 0 Å². The molecule has 0 aromatic rings. The fraction of sp³-hybridized carbons (Fsp3) is 0.824. The van der Waals surface area contributed by atoms with Gasteiger partial charge in [-0.25, -0.2) is 0 Å². The molecule has 1 aliphatic heterocycles. The van der Waals surface area contributed by atoms with Crippen molar-refractivity contribution in [1.82, 2.24) is 0 Å². The fourth-order valence-corrected chi connectivity index (χ4v) is 3.46. The Labute approximate surface area is 127 Å². The van der Waals surface area contributed by atoms with Gasteiger partial charge in [-0.15, -0.1) is 0 Å². The molecule has 0 bridgehead atoms. The van der Waals surface area contributed by atoms with Crippen LogP contribution in [0.5, 0.6) is 0 Å². The number of aliphatic hydroxyl groups excluding tert-OH is 2. The molecule has 1 aliphatic carbocycles. The average Bonchev–Trinajstić information content (AvgIpc) is 2.89. The number of esters is 1. The molecule has 0 amide bonds. The van der Waals surface area contributed by atoms with E-state index >= 15 is 0 Å². The maximum atomic E-state index is 11.3. The molecule has 21 heavy (non-hydrogen) atoms. The van der Waals surface area contributed by atoms with Gasteiger partial charge in [0.25, 0.3) is 0 Å². The molecule has 2 N–H and O–H groups in total. The molecule has 1 saturated heterocycles. The summed E-state index contributed by atoms with van der Waals surface area (Å²) in [5, 5.41) is 20.5. The highest BCUT2D eigenvalue weighted by Crippen LogP contribution is 2.42. The minimum Gasteiger partial charge on any atom is -0.462 e. The summed E-state index contributed by atoms with van der Waals surface area (Å²) in [4.78, 5) is 11.3. The lowest BCUT2D eigenvalue weighted by Gasteiger charge is -2.29. The first kappa shape index (κ1) is 16.5. The molecular formula is C17H28O4. The van der Waals surface area contributed by atoms with Crippen molar-refractivity contribution in [2.75, 3.05) is 0 Å². The van der Waals surface area contributed by atoms with Gasteiger partial charge in [0.2, 0.25) is 0 Å². The number of carbonyl (C=O) groups excluding carboxylic acids is 1. The first-order valence-electron chi connectivity index (χ1n) is 8.09. The quantitative estimate of drug-likeness (QED) is 0.583. The maximum Gasteiger partial charge on any atom is 0.306 e. The molecule has 5 atom stereocenters. The Morgan fingerprint density at radius 1 is 1.48 bits per heavy atom. The van der Waals surface area contributed by atoms with E-state index in [0.717, 1.165) is 19.3 Å². The summed E-state index contributed by atoms with van der Waals surface area (Å²) in [7, 11) is 0. The number of hydrogen-bond acceptors (Lipinski definition) is 4. The van der Waals surface area contributed by atoms with Crippen molar-refractivity contribution in [2.45, 2.75) is 71.2 Å². The van der Waals surface area contributed by atoms with Crippen LogP contribution in [0.25, 0.3) is 0 Å². The molecule has 2 aliphatic rings. The number of fused-ring (bicyclic) bond motifs is 1. The zero-order chi connectivity index (χ0) is 15.6. The van der Waals surface area contributed by atoms with Crippen molar-refractivity contribution in [3.63, 3.8) is 0 Å². The molecule has 0 radical (unpaired) electrons. The maximum absolute atomic E-state index is 11.3. The molecule has 1 heterocycles. The predicted molar refractivity (Wildman–Crippen MR) is 80.6 cm³/mol. The Bertz CT molecular complexity index is 402. The molecular weight excluding hydrogens is 268 g/mol. The lowest BCUT2D eigenvalue weighted by molar-refractivity contribution is -0.141. The van der Waals surface area contributed by atoms with Crippen molar-refractivity contribution in [3.05, 3.63) is 12.2 Å². The molecule has 120 valence electrons. The number of ether oxygens (including phenoxy) is 1. The second kappa shape index (κ2) is 6.49. The molecule has 4 nitrogen and oxygen atoms in total. The van der Waals surface area contributed by atoms with E-state index in [1.807, 2.05) is 6.08 Å². The number of unbranched alkanes of at least 4 members (excludes halogenated alkanes) is 1. The van der Waals surface area contributed by atoms with Crippen LogP contribution in [-0.2, 0) is 9.53 Å². The van der Waals surface area contributed by atoms with Gasteiger partial charge < -0.3 is 14.9 Å². The highest BCUT2D eigenvalue weighted by molar-refractivity contribution is 5.72. The molecule has 0 aromatic heterocycles. The smallest absolute Gasteiger partial charge is 0.306 e. The Balaban J connectivity index is 1.98. The van der Waals surface area contributed by atoms with Crippen LogP contribution in [0, 0.1) is 17.3 Å². The highest BCUT2D eigenvalue weighted by Gasteiger charge is 2.48. The largest absolute Gasteiger partial charge is 0.462 e. The van der Waals surface area contributed by atoms with Crippen molar-refractivity contribution in [2.24, 2.45) is 17.3 Å². The Morgan fingerprint density at radius 3 is 2.86 bits per heavy atom. The average molecular weight is 296 g/mol. The topological polar surface area (TPSA) is 66.8 Å². The first-order chi connectivity index (χ1) is 9.85. The number of hydrogen-bond donors (Lipinski definition) is 2. The lowest BCUT2D eigenvalue weighted by Crippen LogP contribution is -2.28. The van der Waals surface area contributed by atoms with Crippen LogP contribution in [0.2, 0.25) is 0 Å². The standard InChI is InChI=1S/C17H28O4/c1-4-5-8-17(2,3)15(19)7-6-11-12-9-16(20)21-14(12)10-13(11)18/h6-7,11-15,18-19H,4-5,8-10H2,1-3H3/b7-6+/t11-,12-,13-,14+,15-/m1/s1. The summed E-state index contributed by atoms with van der Waals surface area (Å²) < 4.78 is 5.22. The van der Waals surface area contributed by atoms with Crippen LogP contribution >= 0.6 is 0 Å². The number of aliphatic hydroxyl groups is 2. The van der Waals surface area contributed by atoms with Crippen molar-refractivity contribution in [3.8, 4) is 0 Å². The zero-order valence-electron chi connectivity index (χ0n) is 13.3. The zero-order valence-corrected chi connectivity index (χ0v) is 13.3. The highest BCUT2D eigenvalue weighted by atomic mass is 16.6. The van der Waals surface area contributed by atoms with E-state index in [2.05, 4.69) is 20.8 Å². The number of rotatable bonds is 6. The molecule has 0 unspecified atom stereocenters. The van der Waals surface area contributed by atoms with Gasteiger partial charge in [0.1, 0.15) is 6.10 Å². The predicted octanol–water partition coefficient (Wildman–Crippen LogP) is 2.43. The van der Waals surface area contributed by atoms with Gasteiger partial charge in [0.05, 0.1) is 18.6 Å². The summed E-state index contributed by atoms with van der Waals surface area (Å²) in [6.45, 7) is 6.27. The van der Waals surface area contributed by atoms with Gasteiger partial charge in [-0.1, -0.05) is 45.8 Å². The van der Waals surface area contributed by atoms with E-state index in [-0.39, 0.29) is 29.3 Å².